The number of rotatable bonds is 5. The number of hydrogen-bond donors (Lipinski definition) is 2. The number of hydrogen-bond acceptors (Lipinski definition) is 4. The minimum absolute atomic E-state index is 0.102. The Labute approximate surface area is 105 Å². The van der Waals surface area contributed by atoms with Gasteiger partial charge in [-0.3, -0.25) is 9.59 Å². The second-order valence-corrected chi connectivity index (χ2v) is 4.85. The Kier molecular flexibility index (Phi) is 5.09. The highest BCUT2D eigenvalue weighted by Gasteiger charge is 2.11. The molecular weight excluding hydrogens is 238 g/mol. The lowest BCUT2D eigenvalue weighted by Crippen LogP contribution is -2.33. The predicted molar refractivity (Wildman–Crippen MR) is 67.2 cm³/mol. The van der Waals surface area contributed by atoms with E-state index < -0.39 is 0 Å². The molecule has 1 rings (SSSR count). The molecule has 0 aromatic carbocycles. The van der Waals surface area contributed by atoms with Gasteiger partial charge in [-0.2, -0.15) is 0 Å². The Balaban J connectivity index is 2.39. The molecule has 1 aromatic heterocycles. The Hall–Kier alpha value is -1.43. The zero-order valence-electron chi connectivity index (χ0n) is 10.2. The lowest BCUT2D eigenvalue weighted by atomic mass is 10.2. The zero-order valence-corrected chi connectivity index (χ0v) is 11.1. The third-order valence-corrected chi connectivity index (χ3v) is 3.18. The first-order valence-corrected chi connectivity index (χ1v) is 6.36. The maximum atomic E-state index is 11.6. The fraction of sp³-hybridized carbons (Fsp3) is 0.545. The number of nitrogens with one attached hydrogen (secondary N) is 2. The summed E-state index contributed by atoms with van der Waals surface area (Å²) in [6, 6.07) is 0. The van der Waals surface area contributed by atoms with E-state index in [-0.39, 0.29) is 11.8 Å². The second-order valence-electron chi connectivity index (χ2n) is 3.96. The lowest BCUT2D eigenvalue weighted by molar-refractivity contribution is -0.118. The van der Waals surface area contributed by atoms with E-state index in [2.05, 4.69) is 15.6 Å². The molecule has 6 heteroatoms. The molecule has 0 saturated carbocycles. The SMILES string of the molecule is CC(=O)NCCNC(=O)c1csc(C(C)C)n1. The van der Waals surface area contributed by atoms with Gasteiger partial charge in [-0.1, -0.05) is 13.8 Å². The quantitative estimate of drug-likeness (QED) is 0.775. The van der Waals surface area contributed by atoms with Gasteiger partial charge in [0, 0.05) is 31.3 Å². The van der Waals surface area contributed by atoms with E-state index in [0.29, 0.717) is 24.7 Å². The first-order valence-electron chi connectivity index (χ1n) is 5.48. The summed E-state index contributed by atoms with van der Waals surface area (Å²) in [5, 5.41) is 8.01. The number of amides is 2. The molecule has 0 atom stereocenters. The molecule has 0 unspecified atom stereocenters. The third kappa shape index (κ3) is 4.52. The summed E-state index contributed by atoms with van der Waals surface area (Å²) in [5.74, 6) is 0.0365. The molecule has 0 aliphatic heterocycles. The van der Waals surface area contributed by atoms with Gasteiger partial charge < -0.3 is 10.6 Å². The van der Waals surface area contributed by atoms with Crippen molar-refractivity contribution in [1.82, 2.24) is 15.6 Å². The summed E-state index contributed by atoms with van der Waals surface area (Å²) >= 11 is 1.49. The van der Waals surface area contributed by atoms with Crippen LogP contribution in [0.2, 0.25) is 0 Å². The van der Waals surface area contributed by atoms with Crippen molar-refractivity contribution in [2.75, 3.05) is 13.1 Å². The van der Waals surface area contributed by atoms with Crippen molar-refractivity contribution in [3.8, 4) is 0 Å². The van der Waals surface area contributed by atoms with E-state index in [1.54, 1.807) is 5.38 Å². The van der Waals surface area contributed by atoms with Gasteiger partial charge in [-0.05, 0) is 0 Å². The monoisotopic (exact) mass is 255 g/mol. The van der Waals surface area contributed by atoms with E-state index in [9.17, 15) is 9.59 Å². The number of aromatic nitrogens is 1. The van der Waals surface area contributed by atoms with Crippen LogP contribution in [0.25, 0.3) is 0 Å². The average molecular weight is 255 g/mol. The number of carbonyl (C=O) groups is 2. The van der Waals surface area contributed by atoms with E-state index in [0.717, 1.165) is 5.01 Å². The summed E-state index contributed by atoms with van der Waals surface area (Å²) in [6.45, 7) is 6.36. The molecule has 0 radical (unpaired) electrons. The van der Waals surface area contributed by atoms with Gasteiger partial charge in [0.1, 0.15) is 5.69 Å². The normalized spacial score (nSPS) is 10.4. The predicted octanol–water partition coefficient (Wildman–Crippen LogP) is 1.13. The van der Waals surface area contributed by atoms with Gasteiger partial charge in [-0.15, -0.1) is 11.3 Å². The molecule has 2 N–H and O–H groups in total. The Morgan fingerprint density at radius 1 is 1.35 bits per heavy atom. The van der Waals surface area contributed by atoms with E-state index >= 15 is 0 Å². The summed E-state index contributed by atoms with van der Waals surface area (Å²) in [5.41, 5.74) is 0.446. The van der Waals surface area contributed by atoms with Gasteiger partial charge >= 0.3 is 0 Å². The highest BCUT2D eigenvalue weighted by molar-refractivity contribution is 7.09. The molecule has 1 aromatic rings. The Morgan fingerprint density at radius 3 is 2.53 bits per heavy atom. The maximum absolute atomic E-state index is 11.6. The van der Waals surface area contributed by atoms with Crippen LogP contribution in [-0.2, 0) is 4.79 Å². The van der Waals surface area contributed by atoms with Crippen LogP contribution in [0.5, 0.6) is 0 Å². The van der Waals surface area contributed by atoms with Gasteiger partial charge in [0.15, 0.2) is 0 Å². The Bertz CT molecular complexity index is 401. The van der Waals surface area contributed by atoms with Crippen molar-refractivity contribution < 1.29 is 9.59 Å². The molecule has 0 saturated heterocycles. The first kappa shape index (κ1) is 13.6. The fourth-order valence-electron chi connectivity index (χ4n) is 1.16. The molecule has 0 aliphatic carbocycles. The van der Waals surface area contributed by atoms with Crippen molar-refractivity contribution in [2.45, 2.75) is 26.7 Å². The smallest absolute Gasteiger partial charge is 0.270 e. The van der Waals surface area contributed by atoms with Crippen LogP contribution in [0.3, 0.4) is 0 Å². The summed E-state index contributed by atoms with van der Waals surface area (Å²) < 4.78 is 0. The third-order valence-electron chi connectivity index (χ3n) is 2.03. The largest absolute Gasteiger partial charge is 0.355 e. The molecule has 0 bridgehead atoms. The molecule has 0 fully saturated rings. The van der Waals surface area contributed by atoms with Crippen molar-refractivity contribution >= 4 is 23.2 Å². The average Bonchev–Trinajstić information content (AvgIpc) is 2.73. The van der Waals surface area contributed by atoms with Crippen LogP contribution in [0.1, 0.15) is 42.2 Å². The van der Waals surface area contributed by atoms with Crippen LogP contribution in [0.15, 0.2) is 5.38 Å². The number of carbonyl (C=O) groups excluding carboxylic acids is 2. The van der Waals surface area contributed by atoms with Crippen LogP contribution in [0, 0.1) is 0 Å². The van der Waals surface area contributed by atoms with Crippen LogP contribution >= 0.6 is 11.3 Å². The fourth-order valence-corrected chi connectivity index (χ4v) is 1.98. The van der Waals surface area contributed by atoms with Crippen LogP contribution < -0.4 is 10.6 Å². The van der Waals surface area contributed by atoms with Crippen molar-refractivity contribution in [3.63, 3.8) is 0 Å². The van der Waals surface area contributed by atoms with Gasteiger partial charge in [-0.25, -0.2) is 4.98 Å². The van der Waals surface area contributed by atoms with E-state index in [1.165, 1.54) is 18.3 Å². The minimum Gasteiger partial charge on any atom is -0.355 e. The Morgan fingerprint density at radius 2 is 2.00 bits per heavy atom. The lowest BCUT2D eigenvalue weighted by Gasteiger charge is -2.03. The zero-order chi connectivity index (χ0) is 12.8. The van der Waals surface area contributed by atoms with Crippen molar-refractivity contribution in [2.24, 2.45) is 0 Å². The van der Waals surface area contributed by atoms with Crippen molar-refractivity contribution in [3.05, 3.63) is 16.1 Å². The maximum Gasteiger partial charge on any atom is 0.270 e. The standard InChI is InChI=1S/C11H17N3O2S/c1-7(2)11-14-9(6-17-11)10(16)13-5-4-12-8(3)15/h6-7H,4-5H2,1-3H3,(H,12,15)(H,13,16). The van der Waals surface area contributed by atoms with Gasteiger partial charge in [0.2, 0.25) is 5.91 Å². The first-order chi connectivity index (χ1) is 8.00. The minimum atomic E-state index is -0.196. The summed E-state index contributed by atoms with van der Waals surface area (Å²) in [4.78, 5) is 26.5. The van der Waals surface area contributed by atoms with Crippen LogP contribution in [0.4, 0.5) is 0 Å². The highest BCUT2D eigenvalue weighted by atomic mass is 32.1. The summed E-state index contributed by atoms with van der Waals surface area (Å²) in [7, 11) is 0. The molecule has 2 amide bonds. The van der Waals surface area contributed by atoms with E-state index in [1.807, 2.05) is 13.8 Å². The number of thiazole rings is 1. The molecule has 0 aliphatic rings. The van der Waals surface area contributed by atoms with E-state index in [4.69, 9.17) is 0 Å². The van der Waals surface area contributed by atoms with Gasteiger partial charge in [0.25, 0.3) is 5.91 Å². The molecule has 94 valence electrons. The topological polar surface area (TPSA) is 71.1 Å². The second kappa shape index (κ2) is 6.34. The van der Waals surface area contributed by atoms with Crippen LogP contribution in [-0.4, -0.2) is 29.9 Å². The molecule has 1 heterocycles. The molecule has 5 nitrogen and oxygen atoms in total. The highest BCUT2D eigenvalue weighted by Crippen LogP contribution is 2.18. The number of nitrogens with zero attached hydrogens (tertiary/aromatic N) is 1. The van der Waals surface area contributed by atoms with Crippen molar-refractivity contribution in [1.29, 1.82) is 0 Å². The molecule has 17 heavy (non-hydrogen) atoms. The van der Waals surface area contributed by atoms with Gasteiger partial charge in [0.05, 0.1) is 5.01 Å². The molecular formula is C11H17N3O2S. The summed E-state index contributed by atoms with van der Waals surface area (Å²) in [6.07, 6.45) is 0. The molecule has 0 spiro atoms.